The maximum atomic E-state index is 11.7. The molecule has 0 saturated heterocycles. The molecule has 1 unspecified atom stereocenters. The fourth-order valence-corrected chi connectivity index (χ4v) is 1.82. The molecule has 2 N–H and O–H groups in total. The van der Waals surface area contributed by atoms with Crippen molar-refractivity contribution in [3.05, 3.63) is 29.8 Å². The van der Waals surface area contributed by atoms with E-state index < -0.39 is 11.9 Å². The number of carboxylic acids is 1. The van der Waals surface area contributed by atoms with Crippen LogP contribution in [0.4, 0.5) is 0 Å². The molecule has 0 bridgehead atoms. The summed E-state index contributed by atoms with van der Waals surface area (Å²) in [5.41, 5.74) is 1.15. The minimum Gasteiger partial charge on any atom is -0.493 e. The lowest BCUT2D eigenvalue weighted by atomic mass is 9.96. The van der Waals surface area contributed by atoms with E-state index in [-0.39, 0.29) is 31.4 Å². The van der Waals surface area contributed by atoms with Crippen LogP contribution in [0.25, 0.3) is 0 Å². The first-order valence-electron chi connectivity index (χ1n) is 7.09. The smallest absolute Gasteiger partial charge is 0.308 e. The number of aryl methyl sites for hydroxylation is 1. The van der Waals surface area contributed by atoms with E-state index >= 15 is 0 Å². The number of aliphatic carboxylic acids is 1. The predicted octanol–water partition coefficient (Wildman–Crippen LogP) is 2.24. The summed E-state index contributed by atoms with van der Waals surface area (Å²) in [5.74, 6) is -0.951. The largest absolute Gasteiger partial charge is 0.493 e. The molecule has 5 heteroatoms. The normalized spacial score (nSPS) is 12.0. The van der Waals surface area contributed by atoms with Gasteiger partial charge in [0.05, 0.1) is 18.9 Å². The first-order valence-corrected chi connectivity index (χ1v) is 7.09. The Morgan fingerprint density at radius 1 is 1.24 bits per heavy atom. The van der Waals surface area contributed by atoms with Crippen molar-refractivity contribution in [2.45, 2.75) is 27.2 Å². The van der Waals surface area contributed by atoms with Gasteiger partial charge in [-0.05, 0) is 25.0 Å². The van der Waals surface area contributed by atoms with Crippen LogP contribution in [0.1, 0.15) is 25.8 Å². The van der Waals surface area contributed by atoms with Gasteiger partial charge in [0.25, 0.3) is 0 Å². The van der Waals surface area contributed by atoms with Crippen molar-refractivity contribution in [2.24, 2.45) is 11.8 Å². The summed E-state index contributed by atoms with van der Waals surface area (Å²) in [5, 5.41) is 11.7. The topological polar surface area (TPSA) is 75.6 Å². The Hall–Kier alpha value is -2.04. The van der Waals surface area contributed by atoms with Crippen molar-refractivity contribution in [3.8, 4) is 5.75 Å². The van der Waals surface area contributed by atoms with Gasteiger partial charge in [0.15, 0.2) is 0 Å². The van der Waals surface area contributed by atoms with Crippen molar-refractivity contribution in [2.75, 3.05) is 13.2 Å². The Morgan fingerprint density at radius 2 is 1.86 bits per heavy atom. The third-order valence-corrected chi connectivity index (χ3v) is 3.26. The van der Waals surface area contributed by atoms with Crippen molar-refractivity contribution in [1.82, 2.24) is 5.32 Å². The fourth-order valence-electron chi connectivity index (χ4n) is 1.82. The van der Waals surface area contributed by atoms with E-state index in [1.54, 1.807) is 0 Å². The van der Waals surface area contributed by atoms with Crippen molar-refractivity contribution < 1.29 is 19.4 Å². The second-order valence-corrected chi connectivity index (χ2v) is 5.40. The molecule has 1 atom stereocenters. The van der Waals surface area contributed by atoms with Gasteiger partial charge >= 0.3 is 5.97 Å². The SMILES string of the molecule is Cc1ccc(OCCC(=O)NCC(C(=O)O)C(C)C)cc1. The Bertz CT molecular complexity index is 468. The molecule has 0 fully saturated rings. The van der Waals surface area contributed by atoms with Crippen LogP contribution in [-0.4, -0.2) is 30.1 Å². The summed E-state index contributed by atoms with van der Waals surface area (Å²) in [4.78, 5) is 22.7. The summed E-state index contributed by atoms with van der Waals surface area (Å²) in [6, 6.07) is 7.59. The Kier molecular flexibility index (Phi) is 6.72. The van der Waals surface area contributed by atoms with Gasteiger partial charge in [0.1, 0.15) is 5.75 Å². The number of nitrogens with one attached hydrogen (secondary N) is 1. The Balaban J connectivity index is 2.28. The Morgan fingerprint density at radius 3 is 2.38 bits per heavy atom. The summed E-state index contributed by atoms with van der Waals surface area (Å²) in [6.45, 7) is 6.06. The molecule has 0 aliphatic heterocycles. The molecule has 0 aliphatic carbocycles. The highest BCUT2D eigenvalue weighted by atomic mass is 16.5. The first kappa shape index (κ1) is 17.0. The quantitative estimate of drug-likeness (QED) is 0.770. The molecule has 1 amide bonds. The molecule has 0 spiro atoms. The van der Waals surface area contributed by atoms with Crippen LogP contribution < -0.4 is 10.1 Å². The van der Waals surface area contributed by atoms with Gasteiger partial charge in [-0.2, -0.15) is 0 Å². The number of carbonyl (C=O) groups excluding carboxylic acids is 1. The van der Waals surface area contributed by atoms with Crippen LogP contribution in [0, 0.1) is 18.8 Å². The van der Waals surface area contributed by atoms with Crippen LogP contribution in [0.2, 0.25) is 0 Å². The van der Waals surface area contributed by atoms with E-state index in [1.165, 1.54) is 0 Å². The molecular weight excluding hydrogens is 270 g/mol. The summed E-state index contributed by atoms with van der Waals surface area (Å²) >= 11 is 0. The van der Waals surface area contributed by atoms with Gasteiger partial charge < -0.3 is 15.2 Å². The monoisotopic (exact) mass is 293 g/mol. The minimum absolute atomic E-state index is 0.0217. The third kappa shape index (κ3) is 6.29. The summed E-state index contributed by atoms with van der Waals surface area (Å²) in [6.07, 6.45) is 0.207. The van der Waals surface area contributed by atoms with Gasteiger partial charge in [-0.25, -0.2) is 0 Å². The van der Waals surface area contributed by atoms with Gasteiger partial charge in [-0.15, -0.1) is 0 Å². The molecular formula is C16H23NO4. The fraction of sp³-hybridized carbons (Fsp3) is 0.500. The Labute approximate surface area is 125 Å². The molecule has 1 rings (SSSR count). The van der Waals surface area contributed by atoms with Crippen LogP contribution in [0.15, 0.2) is 24.3 Å². The number of benzene rings is 1. The first-order chi connectivity index (χ1) is 9.90. The predicted molar refractivity (Wildman–Crippen MR) is 80.3 cm³/mol. The average Bonchev–Trinajstić information content (AvgIpc) is 2.40. The van der Waals surface area contributed by atoms with Crippen LogP contribution >= 0.6 is 0 Å². The number of amides is 1. The van der Waals surface area contributed by atoms with Crippen LogP contribution in [-0.2, 0) is 9.59 Å². The molecule has 21 heavy (non-hydrogen) atoms. The standard InChI is InChI=1S/C16H23NO4/c1-11(2)14(16(19)20)10-17-15(18)8-9-21-13-6-4-12(3)5-7-13/h4-7,11,14H,8-10H2,1-3H3,(H,17,18)(H,19,20). The van der Waals surface area contributed by atoms with E-state index in [1.807, 2.05) is 45.0 Å². The minimum atomic E-state index is -0.888. The van der Waals surface area contributed by atoms with E-state index in [9.17, 15) is 9.59 Å². The lowest BCUT2D eigenvalue weighted by Gasteiger charge is -2.16. The molecule has 0 aromatic heterocycles. The zero-order valence-corrected chi connectivity index (χ0v) is 12.8. The van der Waals surface area contributed by atoms with E-state index in [4.69, 9.17) is 9.84 Å². The summed E-state index contributed by atoms with van der Waals surface area (Å²) < 4.78 is 5.46. The highest BCUT2D eigenvalue weighted by molar-refractivity contribution is 5.77. The molecule has 5 nitrogen and oxygen atoms in total. The zero-order chi connectivity index (χ0) is 15.8. The van der Waals surface area contributed by atoms with E-state index in [0.717, 1.165) is 11.3 Å². The number of rotatable bonds is 8. The molecule has 0 saturated carbocycles. The van der Waals surface area contributed by atoms with Crippen LogP contribution in [0.3, 0.4) is 0 Å². The third-order valence-electron chi connectivity index (χ3n) is 3.26. The van der Waals surface area contributed by atoms with Crippen LogP contribution in [0.5, 0.6) is 5.75 Å². The summed E-state index contributed by atoms with van der Waals surface area (Å²) in [7, 11) is 0. The molecule has 1 aromatic carbocycles. The number of hydrogen-bond donors (Lipinski definition) is 2. The van der Waals surface area contributed by atoms with Crippen molar-refractivity contribution in [3.63, 3.8) is 0 Å². The molecule has 0 heterocycles. The zero-order valence-electron chi connectivity index (χ0n) is 12.8. The number of carbonyl (C=O) groups is 2. The second-order valence-electron chi connectivity index (χ2n) is 5.40. The second kappa shape index (κ2) is 8.29. The van der Waals surface area contributed by atoms with E-state index in [2.05, 4.69) is 5.32 Å². The van der Waals surface area contributed by atoms with Gasteiger partial charge in [-0.3, -0.25) is 9.59 Å². The number of carboxylic acid groups (broad SMARTS) is 1. The average molecular weight is 293 g/mol. The molecule has 0 aliphatic rings. The van der Waals surface area contributed by atoms with Gasteiger partial charge in [0.2, 0.25) is 5.91 Å². The highest BCUT2D eigenvalue weighted by Crippen LogP contribution is 2.12. The molecule has 116 valence electrons. The maximum Gasteiger partial charge on any atom is 0.308 e. The lowest BCUT2D eigenvalue weighted by Crippen LogP contribution is -2.36. The van der Waals surface area contributed by atoms with Gasteiger partial charge in [0, 0.05) is 6.54 Å². The lowest BCUT2D eigenvalue weighted by molar-refractivity contribution is -0.143. The maximum absolute atomic E-state index is 11.7. The number of ether oxygens (including phenoxy) is 1. The van der Waals surface area contributed by atoms with Crippen molar-refractivity contribution in [1.29, 1.82) is 0 Å². The number of hydrogen-bond acceptors (Lipinski definition) is 3. The molecule has 0 radical (unpaired) electrons. The molecule has 1 aromatic rings. The van der Waals surface area contributed by atoms with E-state index in [0.29, 0.717) is 0 Å². The van der Waals surface area contributed by atoms with Crippen molar-refractivity contribution >= 4 is 11.9 Å². The van der Waals surface area contributed by atoms with Gasteiger partial charge in [-0.1, -0.05) is 31.5 Å². The highest BCUT2D eigenvalue weighted by Gasteiger charge is 2.21.